The van der Waals surface area contributed by atoms with Gasteiger partial charge in [0.2, 0.25) is 0 Å². The predicted octanol–water partition coefficient (Wildman–Crippen LogP) is 1.79. The molecule has 0 saturated heterocycles. The summed E-state index contributed by atoms with van der Waals surface area (Å²) in [5, 5.41) is 0. The van der Waals surface area contributed by atoms with Crippen LogP contribution in [0.1, 0.15) is 0 Å². The fourth-order valence-electron chi connectivity index (χ4n) is 1.07. The number of para-hydroxylation sites is 2. The predicted molar refractivity (Wildman–Crippen MR) is 86.9 cm³/mol. The molecule has 0 saturated carbocycles. The van der Waals surface area contributed by atoms with Crippen LogP contribution in [-0.4, -0.2) is 16.9 Å². The van der Waals surface area contributed by atoms with Crippen molar-refractivity contribution in [3.63, 3.8) is 0 Å². The van der Waals surface area contributed by atoms with E-state index < -0.39 is 8.60 Å². The first-order chi connectivity index (χ1) is 10.1. The molecule has 8 N–H and O–H groups in total. The van der Waals surface area contributed by atoms with Gasteiger partial charge >= 0.3 is 8.60 Å². The molecule has 0 unspecified atom stereocenters. The fraction of sp³-hybridized carbons (Fsp3) is 0.0769. The molecule has 0 bridgehead atoms. The van der Waals surface area contributed by atoms with Crippen LogP contribution in [0.5, 0.6) is 0 Å². The lowest BCUT2D eigenvalue weighted by Crippen LogP contribution is -2.05. The van der Waals surface area contributed by atoms with E-state index in [0.29, 0.717) is 0 Å². The number of rotatable bonds is 3. The summed E-state index contributed by atoms with van der Waals surface area (Å²) in [5.74, 6) is 10.2. The summed E-state index contributed by atoms with van der Waals surface area (Å²) in [6.45, 7) is 0. The van der Waals surface area contributed by atoms with Crippen LogP contribution in [0.3, 0.4) is 0 Å². The van der Waals surface area contributed by atoms with E-state index in [-0.39, 0.29) is 0 Å². The first-order valence-corrected chi connectivity index (χ1v) is 7.05. The normalized spacial score (nSPS) is 8.86. The van der Waals surface area contributed by atoms with Gasteiger partial charge < -0.3 is 25.2 Å². The minimum Gasteiger partial charge on any atom is -0.328 e. The maximum absolute atomic E-state index is 7.76. The van der Waals surface area contributed by atoms with Crippen LogP contribution in [0.15, 0.2) is 60.7 Å². The first-order valence-electron chi connectivity index (χ1n) is 5.89. The zero-order valence-corrected chi connectivity index (χ0v) is 12.6. The molecule has 0 aliphatic rings. The number of hydrogen-bond acceptors (Lipinski definition) is 7. The molecule has 2 aromatic carbocycles. The van der Waals surface area contributed by atoms with Crippen molar-refractivity contribution in [3.05, 3.63) is 60.7 Å². The molecule has 116 valence electrons. The maximum Gasteiger partial charge on any atom is 0.326 e. The maximum atomic E-state index is 7.76. The largest absolute Gasteiger partial charge is 0.328 e. The average molecular weight is 312 g/mol. The van der Waals surface area contributed by atoms with E-state index >= 15 is 0 Å². The van der Waals surface area contributed by atoms with Crippen LogP contribution < -0.4 is 22.5 Å². The molecule has 0 aromatic heterocycles. The van der Waals surface area contributed by atoms with E-state index in [1.165, 1.54) is 7.11 Å². The van der Waals surface area contributed by atoms with Crippen LogP contribution in [0.25, 0.3) is 0 Å². The van der Waals surface area contributed by atoms with Gasteiger partial charge in [-0.2, -0.15) is 0 Å². The lowest BCUT2D eigenvalue weighted by atomic mass is 10.3. The first kappa shape index (κ1) is 19.3. The molecule has 0 spiro atoms. The Kier molecular flexibility index (Phi) is 12.2. The zero-order chi connectivity index (χ0) is 15.9. The van der Waals surface area contributed by atoms with Gasteiger partial charge in [0.25, 0.3) is 0 Å². The number of hydrogen-bond donors (Lipinski definition) is 6. The molecule has 0 amide bonds. The smallest absolute Gasteiger partial charge is 0.326 e. The average Bonchev–Trinajstić information content (AvgIpc) is 2.57. The van der Waals surface area contributed by atoms with E-state index in [9.17, 15) is 0 Å². The molecule has 2 rings (SSSR count). The van der Waals surface area contributed by atoms with Crippen molar-refractivity contribution >= 4 is 20.0 Å². The highest BCUT2D eigenvalue weighted by molar-refractivity contribution is 7.39. The van der Waals surface area contributed by atoms with Gasteiger partial charge in [0.15, 0.2) is 0 Å². The second kappa shape index (κ2) is 13.3. The van der Waals surface area contributed by atoms with Gasteiger partial charge in [-0.05, 0) is 24.3 Å². The Morgan fingerprint density at radius 2 is 1.10 bits per heavy atom. The van der Waals surface area contributed by atoms with Crippen LogP contribution in [0.4, 0.5) is 11.4 Å². The lowest BCUT2D eigenvalue weighted by molar-refractivity contribution is 0.310. The third-order valence-electron chi connectivity index (χ3n) is 2.04. The quantitative estimate of drug-likeness (QED) is 0.290. The van der Waals surface area contributed by atoms with Gasteiger partial charge in [0, 0.05) is 18.5 Å². The van der Waals surface area contributed by atoms with E-state index in [2.05, 4.69) is 15.4 Å². The van der Waals surface area contributed by atoms with Gasteiger partial charge in [-0.3, -0.25) is 11.7 Å². The number of nitrogens with one attached hydrogen (secondary N) is 2. The van der Waals surface area contributed by atoms with E-state index in [0.717, 1.165) is 11.4 Å². The van der Waals surface area contributed by atoms with Crippen molar-refractivity contribution in [2.45, 2.75) is 0 Å². The van der Waals surface area contributed by atoms with Gasteiger partial charge in [-0.15, -0.1) is 0 Å². The van der Waals surface area contributed by atoms with Gasteiger partial charge in [-0.25, -0.2) is 0 Å². The van der Waals surface area contributed by atoms with Crippen molar-refractivity contribution in [3.8, 4) is 0 Å². The minimum atomic E-state index is -2.10. The standard InChI is InChI=1S/2C6H8N2.CH5O3P/c2*7-8-6-4-2-1-3-5-6;1-4-5(2)3/h2*1-5,8H,7H2;2-3H,1H3. The highest BCUT2D eigenvalue weighted by Crippen LogP contribution is 2.20. The Bertz CT molecular complexity index is 406. The number of anilines is 2. The fourth-order valence-corrected chi connectivity index (χ4v) is 1.07. The van der Waals surface area contributed by atoms with E-state index in [1.54, 1.807) is 0 Å². The second-order valence-electron chi connectivity index (χ2n) is 3.46. The molecule has 21 heavy (non-hydrogen) atoms. The molecular weight excluding hydrogens is 291 g/mol. The Balaban J connectivity index is 0.000000296. The Morgan fingerprint density at radius 1 is 0.810 bits per heavy atom. The topological polar surface area (TPSA) is 126 Å². The molecule has 8 heteroatoms. The third kappa shape index (κ3) is 11.8. The summed E-state index contributed by atoms with van der Waals surface area (Å²) in [6.07, 6.45) is 0. The lowest BCUT2D eigenvalue weighted by Gasteiger charge is -1.94. The monoisotopic (exact) mass is 312 g/mol. The van der Waals surface area contributed by atoms with E-state index in [4.69, 9.17) is 21.5 Å². The van der Waals surface area contributed by atoms with Gasteiger partial charge in [0.05, 0.1) is 0 Å². The third-order valence-corrected chi connectivity index (χ3v) is 2.37. The molecule has 2 aromatic rings. The molecule has 0 aliphatic heterocycles. The van der Waals surface area contributed by atoms with Crippen molar-refractivity contribution in [1.82, 2.24) is 0 Å². The summed E-state index contributed by atoms with van der Waals surface area (Å²) in [5.41, 5.74) is 6.93. The highest BCUT2D eigenvalue weighted by atomic mass is 31.2. The highest BCUT2D eigenvalue weighted by Gasteiger charge is 1.86. The number of nitrogens with two attached hydrogens (primary N) is 2. The van der Waals surface area contributed by atoms with Crippen LogP contribution >= 0.6 is 8.60 Å². The SMILES string of the molecule is COP(O)O.NNc1ccccc1.NNc1ccccc1. The molecule has 7 nitrogen and oxygen atoms in total. The van der Waals surface area contributed by atoms with Crippen molar-refractivity contribution in [2.75, 3.05) is 18.0 Å². The Morgan fingerprint density at radius 3 is 1.24 bits per heavy atom. The molecule has 0 atom stereocenters. The van der Waals surface area contributed by atoms with E-state index in [1.807, 2.05) is 60.7 Å². The molecule has 0 aliphatic carbocycles. The van der Waals surface area contributed by atoms with Crippen molar-refractivity contribution in [2.24, 2.45) is 11.7 Å². The number of nitrogen functional groups attached to an aromatic ring is 2. The molecule has 0 fully saturated rings. The summed E-state index contributed by atoms with van der Waals surface area (Å²) >= 11 is 0. The van der Waals surface area contributed by atoms with Crippen molar-refractivity contribution in [1.29, 1.82) is 0 Å². The number of benzene rings is 2. The molecule has 0 radical (unpaired) electrons. The zero-order valence-electron chi connectivity index (χ0n) is 11.7. The molecular formula is C13H21N4O3P. The van der Waals surface area contributed by atoms with Crippen LogP contribution in [-0.2, 0) is 4.52 Å². The Hall–Kier alpha value is -1.73. The minimum absolute atomic E-state index is 0.938. The Labute approximate surface area is 125 Å². The summed E-state index contributed by atoms with van der Waals surface area (Å²) in [6, 6.07) is 19.2. The molecule has 0 heterocycles. The summed E-state index contributed by atoms with van der Waals surface area (Å²) in [4.78, 5) is 15.5. The van der Waals surface area contributed by atoms with Crippen molar-refractivity contribution < 1.29 is 14.3 Å². The van der Waals surface area contributed by atoms with Crippen LogP contribution in [0, 0.1) is 0 Å². The summed E-state index contributed by atoms with van der Waals surface area (Å²) < 4.78 is 3.93. The van der Waals surface area contributed by atoms with Gasteiger partial charge in [0.1, 0.15) is 0 Å². The second-order valence-corrected chi connectivity index (χ2v) is 4.33. The number of hydrazine groups is 2. The van der Waals surface area contributed by atoms with Gasteiger partial charge in [-0.1, -0.05) is 36.4 Å². The van der Waals surface area contributed by atoms with Crippen LogP contribution in [0.2, 0.25) is 0 Å². The summed E-state index contributed by atoms with van der Waals surface area (Å²) in [7, 11) is -0.870.